The number of nitrogens with zero attached hydrogens (tertiary/aromatic N) is 1. The largest absolute Gasteiger partial charge is 0.431 e. The Labute approximate surface area is 163 Å². The van der Waals surface area contributed by atoms with Crippen molar-refractivity contribution >= 4 is 16.8 Å². The standard InChI is InChI=1S/C21H18F4N2O2/c1-13-6-7-17-15(10-13)18(28)12-19(21(23,24)25)27(17)9-8-26-20(29)11-14-4-2-3-5-16(14)22/h2-7,10,12H,8-9,11H2,1H3,(H,26,29). The van der Waals surface area contributed by atoms with Crippen LogP contribution in [0.15, 0.2) is 53.3 Å². The van der Waals surface area contributed by atoms with Gasteiger partial charge in [-0.3, -0.25) is 9.59 Å². The number of pyridine rings is 1. The predicted octanol–water partition coefficient (Wildman–Crippen LogP) is 3.83. The molecular formula is C21H18F4N2O2. The molecule has 0 atom stereocenters. The molecule has 0 unspecified atom stereocenters. The molecule has 1 amide bonds. The van der Waals surface area contributed by atoms with Crippen LogP contribution in [-0.4, -0.2) is 17.0 Å². The van der Waals surface area contributed by atoms with Gasteiger partial charge in [-0.15, -0.1) is 0 Å². The number of carbonyl (C=O) groups is 1. The Morgan fingerprint density at radius 3 is 2.52 bits per heavy atom. The van der Waals surface area contributed by atoms with Crippen molar-refractivity contribution in [1.29, 1.82) is 0 Å². The number of alkyl halides is 3. The summed E-state index contributed by atoms with van der Waals surface area (Å²) in [4.78, 5) is 24.2. The molecule has 1 heterocycles. The molecule has 0 saturated carbocycles. The highest BCUT2D eigenvalue weighted by atomic mass is 19.4. The summed E-state index contributed by atoms with van der Waals surface area (Å²) in [6.07, 6.45) is -4.95. The Balaban J connectivity index is 1.83. The van der Waals surface area contributed by atoms with Gasteiger partial charge >= 0.3 is 6.18 Å². The number of hydrogen-bond acceptors (Lipinski definition) is 2. The van der Waals surface area contributed by atoms with E-state index in [2.05, 4.69) is 5.32 Å². The second kappa shape index (κ2) is 8.06. The van der Waals surface area contributed by atoms with Crippen molar-refractivity contribution in [2.45, 2.75) is 26.1 Å². The van der Waals surface area contributed by atoms with Crippen LogP contribution in [0, 0.1) is 12.7 Å². The van der Waals surface area contributed by atoms with Gasteiger partial charge in [0.2, 0.25) is 5.91 Å². The fourth-order valence-electron chi connectivity index (χ4n) is 3.15. The molecule has 8 heteroatoms. The van der Waals surface area contributed by atoms with Gasteiger partial charge in [-0.25, -0.2) is 4.39 Å². The molecule has 3 rings (SSSR count). The van der Waals surface area contributed by atoms with E-state index in [-0.39, 0.29) is 36.0 Å². The van der Waals surface area contributed by atoms with Gasteiger partial charge in [0.15, 0.2) is 5.43 Å². The van der Waals surface area contributed by atoms with E-state index in [1.165, 1.54) is 30.3 Å². The average molecular weight is 406 g/mol. The minimum atomic E-state index is -4.73. The number of benzene rings is 2. The Kier molecular flexibility index (Phi) is 5.72. The topological polar surface area (TPSA) is 51.1 Å². The lowest BCUT2D eigenvalue weighted by Crippen LogP contribution is -2.31. The van der Waals surface area contributed by atoms with Crippen LogP contribution in [0.25, 0.3) is 10.9 Å². The van der Waals surface area contributed by atoms with Crippen LogP contribution >= 0.6 is 0 Å². The zero-order valence-electron chi connectivity index (χ0n) is 15.5. The molecule has 1 aromatic heterocycles. The quantitative estimate of drug-likeness (QED) is 0.655. The fourth-order valence-corrected chi connectivity index (χ4v) is 3.15. The first-order valence-corrected chi connectivity index (χ1v) is 8.88. The van der Waals surface area contributed by atoms with Crippen LogP contribution in [0.1, 0.15) is 16.8 Å². The molecule has 3 aromatic rings. The maximum atomic E-state index is 13.6. The van der Waals surface area contributed by atoms with Gasteiger partial charge in [-0.1, -0.05) is 29.8 Å². The highest BCUT2D eigenvalue weighted by molar-refractivity contribution is 5.80. The minimum absolute atomic E-state index is 0.109. The lowest BCUT2D eigenvalue weighted by atomic mass is 10.1. The molecule has 29 heavy (non-hydrogen) atoms. The van der Waals surface area contributed by atoms with E-state index in [0.717, 1.165) is 10.1 Å². The highest BCUT2D eigenvalue weighted by Crippen LogP contribution is 2.30. The maximum absolute atomic E-state index is 13.6. The predicted molar refractivity (Wildman–Crippen MR) is 101 cm³/mol. The van der Waals surface area contributed by atoms with Crippen LogP contribution in [0.2, 0.25) is 0 Å². The second-order valence-corrected chi connectivity index (χ2v) is 6.68. The van der Waals surface area contributed by atoms with E-state index in [1.54, 1.807) is 19.1 Å². The average Bonchev–Trinajstić information content (AvgIpc) is 2.64. The van der Waals surface area contributed by atoms with Crippen LogP contribution in [0.3, 0.4) is 0 Å². The molecule has 0 radical (unpaired) electrons. The zero-order valence-corrected chi connectivity index (χ0v) is 15.5. The first-order valence-electron chi connectivity index (χ1n) is 8.88. The van der Waals surface area contributed by atoms with Gasteiger partial charge in [0.1, 0.15) is 11.5 Å². The third kappa shape index (κ3) is 4.64. The van der Waals surface area contributed by atoms with E-state index in [0.29, 0.717) is 6.07 Å². The van der Waals surface area contributed by atoms with Crippen molar-refractivity contribution in [3.63, 3.8) is 0 Å². The monoisotopic (exact) mass is 406 g/mol. The Morgan fingerprint density at radius 2 is 1.83 bits per heavy atom. The Morgan fingerprint density at radius 1 is 1.10 bits per heavy atom. The molecule has 0 aliphatic carbocycles. The van der Waals surface area contributed by atoms with E-state index >= 15 is 0 Å². The van der Waals surface area contributed by atoms with Crippen LogP contribution in [0.5, 0.6) is 0 Å². The lowest BCUT2D eigenvalue weighted by Gasteiger charge is -2.19. The first kappa shape index (κ1) is 20.6. The van der Waals surface area contributed by atoms with Crippen LogP contribution in [-0.2, 0) is 23.9 Å². The van der Waals surface area contributed by atoms with E-state index < -0.39 is 29.0 Å². The van der Waals surface area contributed by atoms with Crippen molar-refractivity contribution < 1.29 is 22.4 Å². The Bertz CT molecular complexity index is 1120. The molecule has 0 fully saturated rings. The normalized spacial score (nSPS) is 11.6. The minimum Gasteiger partial charge on any atom is -0.354 e. The van der Waals surface area contributed by atoms with Gasteiger partial charge in [0.25, 0.3) is 0 Å². The molecule has 0 aliphatic rings. The molecule has 0 saturated heterocycles. The number of hydrogen-bond donors (Lipinski definition) is 1. The summed E-state index contributed by atoms with van der Waals surface area (Å²) < 4.78 is 55.0. The van der Waals surface area contributed by atoms with Crippen molar-refractivity contribution in [3.8, 4) is 0 Å². The summed E-state index contributed by atoms with van der Waals surface area (Å²) in [5.41, 5.74) is -0.707. The van der Waals surface area contributed by atoms with Gasteiger partial charge in [0, 0.05) is 24.5 Å². The highest BCUT2D eigenvalue weighted by Gasteiger charge is 2.35. The van der Waals surface area contributed by atoms with Crippen molar-refractivity contribution in [3.05, 3.63) is 81.4 Å². The number of amides is 1. The summed E-state index contributed by atoms with van der Waals surface area (Å²) in [5.74, 6) is -1.03. The van der Waals surface area contributed by atoms with Gasteiger partial charge < -0.3 is 9.88 Å². The molecule has 0 aliphatic heterocycles. The third-order valence-electron chi connectivity index (χ3n) is 4.52. The summed E-state index contributed by atoms with van der Waals surface area (Å²) in [7, 11) is 0. The van der Waals surface area contributed by atoms with Crippen LogP contribution < -0.4 is 10.7 Å². The summed E-state index contributed by atoms with van der Waals surface area (Å²) >= 11 is 0. The summed E-state index contributed by atoms with van der Waals surface area (Å²) in [6, 6.07) is 11.0. The molecule has 0 bridgehead atoms. The van der Waals surface area contributed by atoms with Gasteiger partial charge in [-0.2, -0.15) is 13.2 Å². The molecule has 4 nitrogen and oxygen atoms in total. The number of rotatable bonds is 5. The number of aryl methyl sites for hydroxylation is 1. The first-order chi connectivity index (χ1) is 13.7. The Hall–Kier alpha value is -3.16. The second-order valence-electron chi connectivity index (χ2n) is 6.68. The molecule has 1 N–H and O–H groups in total. The van der Waals surface area contributed by atoms with Crippen molar-refractivity contribution in [2.24, 2.45) is 0 Å². The maximum Gasteiger partial charge on any atom is 0.431 e. The number of carbonyl (C=O) groups excluding carboxylic acids is 1. The molecule has 0 spiro atoms. The van der Waals surface area contributed by atoms with Gasteiger partial charge in [-0.05, 0) is 30.7 Å². The molecule has 2 aromatic carbocycles. The van der Waals surface area contributed by atoms with Gasteiger partial charge in [0.05, 0.1) is 11.9 Å². The smallest absolute Gasteiger partial charge is 0.354 e. The SMILES string of the molecule is Cc1ccc2c(c1)c(=O)cc(C(F)(F)F)n2CCNC(=O)Cc1ccccc1F. The number of nitrogens with one attached hydrogen (secondary N) is 1. The number of aromatic nitrogens is 1. The third-order valence-corrected chi connectivity index (χ3v) is 4.52. The number of fused-ring (bicyclic) bond motifs is 1. The summed E-state index contributed by atoms with van der Waals surface area (Å²) in [6.45, 7) is 1.43. The van der Waals surface area contributed by atoms with E-state index in [9.17, 15) is 27.2 Å². The van der Waals surface area contributed by atoms with Crippen LogP contribution in [0.4, 0.5) is 17.6 Å². The van der Waals surface area contributed by atoms with Crippen molar-refractivity contribution in [1.82, 2.24) is 9.88 Å². The number of halogens is 4. The zero-order chi connectivity index (χ0) is 21.2. The molecular weight excluding hydrogens is 388 g/mol. The van der Waals surface area contributed by atoms with E-state index in [4.69, 9.17) is 0 Å². The summed E-state index contributed by atoms with van der Waals surface area (Å²) in [5, 5.41) is 2.68. The fraction of sp³-hybridized carbons (Fsp3) is 0.238. The lowest BCUT2D eigenvalue weighted by molar-refractivity contribution is -0.143. The van der Waals surface area contributed by atoms with E-state index in [1.807, 2.05) is 0 Å². The molecule has 152 valence electrons. The van der Waals surface area contributed by atoms with Crippen molar-refractivity contribution in [2.75, 3.05) is 6.54 Å².